The number of hydrogen-bond donors (Lipinski definition) is 1. The number of alkyl halides is 2. The SMILES string of the molecule is Cc1cc(C#N)cc(Nc2ccccc2SC(F)F)n1. The number of aromatic nitrogens is 1. The van der Waals surface area contributed by atoms with E-state index in [1.807, 2.05) is 6.07 Å². The Balaban J connectivity index is 2.30. The number of nitrogens with zero attached hydrogens (tertiary/aromatic N) is 2. The second-order valence-electron chi connectivity index (χ2n) is 3.99. The van der Waals surface area contributed by atoms with E-state index in [9.17, 15) is 8.78 Å². The highest BCUT2D eigenvalue weighted by Gasteiger charge is 2.10. The lowest BCUT2D eigenvalue weighted by atomic mass is 10.2. The standard InChI is InChI=1S/C14H11F2N3S/c1-9-6-10(8-17)7-13(18-9)19-11-4-2-3-5-12(11)20-14(15)16/h2-7,14H,1H3,(H,18,19). The van der Waals surface area contributed by atoms with Gasteiger partial charge in [-0.05, 0) is 31.2 Å². The molecule has 0 bridgehead atoms. The first-order chi connectivity index (χ1) is 9.58. The number of anilines is 2. The van der Waals surface area contributed by atoms with Gasteiger partial charge in [-0.2, -0.15) is 14.0 Å². The number of aryl methyl sites for hydroxylation is 1. The van der Waals surface area contributed by atoms with E-state index >= 15 is 0 Å². The molecule has 0 aliphatic carbocycles. The third-order valence-electron chi connectivity index (χ3n) is 2.45. The summed E-state index contributed by atoms with van der Waals surface area (Å²) in [5.41, 5.74) is 1.70. The zero-order valence-electron chi connectivity index (χ0n) is 10.6. The molecule has 0 aliphatic heterocycles. The maximum absolute atomic E-state index is 12.5. The lowest BCUT2D eigenvalue weighted by Crippen LogP contribution is -1.98. The van der Waals surface area contributed by atoms with E-state index in [2.05, 4.69) is 10.3 Å². The largest absolute Gasteiger partial charge is 0.339 e. The zero-order chi connectivity index (χ0) is 14.5. The van der Waals surface area contributed by atoms with Crippen molar-refractivity contribution in [3.8, 4) is 6.07 Å². The maximum atomic E-state index is 12.5. The minimum atomic E-state index is -2.49. The summed E-state index contributed by atoms with van der Waals surface area (Å²) in [6.07, 6.45) is 0. The number of nitriles is 1. The molecule has 102 valence electrons. The number of halogens is 2. The molecule has 0 atom stereocenters. The number of benzene rings is 1. The Labute approximate surface area is 119 Å². The summed E-state index contributed by atoms with van der Waals surface area (Å²) in [5, 5.41) is 11.9. The average Bonchev–Trinajstić information content (AvgIpc) is 2.39. The highest BCUT2D eigenvalue weighted by molar-refractivity contribution is 7.99. The Morgan fingerprint density at radius 2 is 2.05 bits per heavy atom. The lowest BCUT2D eigenvalue weighted by molar-refractivity contribution is 0.252. The van der Waals surface area contributed by atoms with E-state index in [0.29, 0.717) is 39.4 Å². The summed E-state index contributed by atoms with van der Waals surface area (Å²) in [7, 11) is 0. The molecule has 6 heteroatoms. The fourth-order valence-electron chi connectivity index (χ4n) is 1.70. The van der Waals surface area contributed by atoms with Crippen LogP contribution in [0.25, 0.3) is 0 Å². The van der Waals surface area contributed by atoms with Crippen LogP contribution in [0.5, 0.6) is 0 Å². The lowest BCUT2D eigenvalue weighted by Gasteiger charge is -2.11. The Kier molecular flexibility index (Phi) is 4.53. The van der Waals surface area contributed by atoms with E-state index in [4.69, 9.17) is 5.26 Å². The fraction of sp³-hybridized carbons (Fsp3) is 0.143. The molecule has 1 aromatic heterocycles. The van der Waals surface area contributed by atoms with Gasteiger partial charge in [0.15, 0.2) is 0 Å². The molecule has 1 heterocycles. The van der Waals surface area contributed by atoms with Crippen LogP contribution < -0.4 is 5.32 Å². The first-order valence-electron chi connectivity index (χ1n) is 5.78. The van der Waals surface area contributed by atoms with Gasteiger partial charge >= 0.3 is 0 Å². The molecular formula is C14H11F2N3S. The van der Waals surface area contributed by atoms with Gasteiger partial charge in [-0.3, -0.25) is 0 Å². The Morgan fingerprint density at radius 1 is 1.30 bits per heavy atom. The number of nitrogens with one attached hydrogen (secondary N) is 1. The van der Waals surface area contributed by atoms with E-state index in [1.54, 1.807) is 43.3 Å². The van der Waals surface area contributed by atoms with Crippen LogP contribution in [-0.2, 0) is 0 Å². The van der Waals surface area contributed by atoms with Crippen LogP contribution in [0.15, 0.2) is 41.3 Å². The fourth-order valence-corrected chi connectivity index (χ4v) is 2.30. The van der Waals surface area contributed by atoms with Gasteiger partial charge in [-0.25, -0.2) is 4.98 Å². The van der Waals surface area contributed by atoms with Crippen LogP contribution in [0.4, 0.5) is 20.3 Å². The van der Waals surface area contributed by atoms with Crippen LogP contribution in [0.2, 0.25) is 0 Å². The number of pyridine rings is 1. The number of rotatable bonds is 4. The Bertz CT molecular complexity index is 653. The molecule has 0 aliphatic rings. The van der Waals surface area contributed by atoms with Gasteiger partial charge in [0.1, 0.15) is 5.82 Å². The molecule has 1 aromatic carbocycles. The van der Waals surface area contributed by atoms with Gasteiger partial charge in [0, 0.05) is 10.6 Å². The van der Waals surface area contributed by atoms with Crippen molar-refractivity contribution in [2.45, 2.75) is 17.6 Å². The van der Waals surface area contributed by atoms with Crippen LogP contribution >= 0.6 is 11.8 Å². The van der Waals surface area contributed by atoms with E-state index in [-0.39, 0.29) is 0 Å². The summed E-state index contributed by atoms with van der Waals surface area (Å²) in [4.78, 5) is 4.67. The first-order valence-corrected chi connectivity index (χ1v) is 6.66. The second kappa shape index (κ2) is 6.35. The first kappa shape index (κ1) is 14.3. The van der Waals surface area contributed by atoms with Crippen LogP contribution in [0.1, 0.15) is 11.3 Å². The molecule has 0 spiro atoms. The highest BCUT2D eigenvalue weighted by atomic mass is 32.2. The molecule has 0 radical (unpaired) electrons. The topological polar surface area (TPSA) is 48.7 Å². The van der Waals surface area contributed by atoms with Gasteiger partial charge < -0.3 is 5.32 Å². The molecule has 0 fully saturated rings. The van der Waals surface area contributed by atoms with Gasteiger partial charge in [0.25, 0.3) is 5.76 Å². The highest BCUT2D eigenvalue weighted by Crippen LogP contribution is 2.33. The summed E-state index contributed by atoms with van der Waals surface area (Å²) in [6, 6.07) is 12.0. The van der Waals surface area contributed by atoms with E-state index in [0.717, 1.165) is 0 Å². The van der Waals surface area contributed by atoms with Gasteiger partial charge in [-0.1, -0.05) is 23.9 Å². The predicted octanol–water partition coefficient (Wildman–Crippen LogP) is 4.32. The summed E-state index contributed by atoms with van der Waals surface area (Å²) < 4.78 is 25.0. The number of hydrogen-bond acceptors (Lipinski definition) is 4. The molecule has 0 unspecified atom stereocenters. The number of para-hydroxylation sites is 1. The van der Waals surface area contributed by atoms with Crippen molar-refractivity contribution < 1.29 is 8.78 Å². The molecule has 1 N–H and O–H groups in total. The monoisotopic (exact) mass is 291 g/mol. The molecule has 20 heavy (non-hydrogen) atoms. The van der Waals surface area contributed by atoms with Crippen LogP contribution in [0.3, 0.4) is 0 Å². The second-order valence-corrected chi connectivity index (χ2v) is 5.03. The minimum Gasteiger partial charge on any atom is -0.339 e. The van der Waals surface area contributed by atoms with Crippen molar-refractivity contribution in [2.75, 3.05) is 5.32 Å². The van der Waals surface area contributed by atoms with Crippen molar-refractivity contribution in [3.05, 3.63) is 47.7 Å². The quantitative estimate of drug-likeness (QED) is 0.852. The van der Waals surface area contributed by atoms with Crippen LogP contribution in [0, 0.1) is 18.3 Å². The van der Waals surface area contributed by atoms with Crippen molar-refractivity contribution >= 4 is 23.3 Å². The predicted molar refractivity (Wildman–Crippen MR) is 75.3 cm³/mol. The molecule has 0 saturated carbocycles. The van der Waals surface area contributed by atoms with Gasteiger partial charge in [0.05, 0.1) is 17.3 Å². The van der Waals surface area contributed by atoms with E-state index in [1.165, 1.54) is 0 Å². The smallest absolute Gasteiger partial charge is 0.288 e. The van der Waals surface area contributed by atoms with Crippen LogP contribution in [-0.4, -0.2) is 10.7 Å². The minimum absolute atomic E-state index is 0.435. The molecule has 2 aromatic rings. The molecule has 0 amide bonds. The summed E-state index contributed by atoms with van der Waals surface area (Å²) in [6.45, 7) is 1.77. The average molecular weight is 291 g/mol. The van der Waals surface area contributed by atoms with Crippen molar-refractivity contribution in [1.29, 1.82) is 5.26 Å². The maximum Gasteiger partial charge on any atom is 0.288 e. The third kappa shape index (κ3) is 3.68. The summed E-state index contributed by atoms with van der Waals surface area (Å²) >= 11 is 0.470. The zero-order valence-corrected chi connectivity index (χ0v) is 11.4. The summed E-state index contributed by atoms with van der Waals surface area (Å²) in [5.74, 6) is -2.03. The Morgan fingerprint density at radius 3 is 2.75 bits per heavy atom. The van der Waals surface area contributed by atoms with Crippen molar-refractivity contribution in [2.24, 2.45) is 0 Å². The van der Waals surface area contributed by atoms with Crippen molar-refractivity contribution in [1.82, 2.24) is 4.98 Å². The molecule has 3 nitrogen and oxygen atoms in total. The molecule has 2 rings (SSSR count). The normalized spacial score (nSPS) is 10.3. The Hall–Kier alpha value is -2.13. The molecule has 0 saturated heterocycles. The van der Waals surface area contributed by atoms with Gasteiger partial charge in [0.2, 0.25) is 0 Å². The van der Waals surface area contributed by atoms with Crippen molar-refractivity contribution in [3.63, 3.8) is 0 Å². The van der Waals surface area contributed by atoms with E-state index < -0.39 is 5.76 Å². The number of thioether (sulfide) groups is 1. The van der Waals surface area contributed by atoms with Gasteiger partial charge in [-0.15, -0.1) is 0 Å². The third-order valence-corrected chi connectivity index (χ3v) is 3.24. The molecular weight excluding hydrogens is 280 g/mol.